The summed E-state index contributed by atoms with van der Waals surface area (Å²) in [5, 5.41) is 13.0. The van der Waals surface area contributed by atoms with Gasteiger partial charge in [-0.15, -0.1) is 0 Å². The summed E-state index contributed by atoms with van der Waals surface area (Å²) in [6.07, 6.45) is 7.16. The summed E-state index contributed by atoms with van der Waals surface area (Å²) in [5.74, 6) is 0.541. The van der Waals surface area contributed by atoms with Crippen LogP contribution in [0, 0.1) is 5.92 Å². The van der Waals surface area contributed by atoms with Crippen molar-refractivity contribution in [3.8, 4) is 0 Å². The van der Waals surface area contributed by atoms with Gasteiger partial charge in [0, 0.05) is 18.7 Å². The number of hydrogen-bond donors (Lipinski definition) is 2. The molecule has 0 amide bonds. The number of nitrogens with one attached hydrogen (secondary N) is 1. The summed E-state index contributed by atoms with van der Waals surface area (Å²) < 4.78 is 0. The number of rotatable bonds is 6. The summed E-state index contributed by atoms with van der Waals surface area (Å²) in [6.45, 7) is 2.62. The molecule has 1 aromatic carbocycles. The highest BCUT2D eigenvalue weighted by Crippen LogP contribution is 2.27. The van der Waals surface area contributed by atoms with E-state index in [0.717, 1.165) is 0 Å². The Morgan fingerprint density at radius 2 is 1.84 bits per heavy atom. The molecule has 1 atom stereocenters. The maximum absolute atomic E-state index is 9.20. The van der Waals surface area contributed by atoms with Crippen LogP contribution in [0.1, 0.15) is 57.1 Å². The molecule has 2 rings (SSSR count). The van der Waals surface area contributed by atoms with Crippen LogP contribution in [0.25, 0.3) is 0 Å². The monoisotopic (exact) mass is 261 g/mol. The lowest BCUT2D eigenvalue weighted by atomic mass is 9.86. The van der Waals surface area contributed by atoms with Crippen LogP contribution in [-0.4, -0.2) is 17.8 Å². The maximum atomic E-state index is 9.20. The Balaban J connectivity index is 1.91. The molecule has 1 unspecified atom stereocenters. The van der Waals surface area contributed by atoms with Crippen LogP contribution in [0.15, 0.2) is 30.3 Å². The van der Waals surface area contributed by atoms with Gasteiger partial charge in [-0.25, -0.2) is 0 Å². The highest BCUT2D eigenvalue weighted by Gasteiger charge is 2.22. The smallest absolute Gasteiger partial charge is 0.0459 e. The molecule has 1 fully saturated rings. The quantitative estimate of drug-likeness (QED) is 0.819. The summed E-state index contributed by atoms with van der Waals surface area (Å²) in [5.41, 5.74) is 1.41. The van der Waals surface area contributed by atoms with Gasteiger partial charge in [0.05, 0.1) is 0 Å². The first-order chi connectivity index (χ1) is 9.33. The van der Waals surface area contributed by atoms with Crippen molar-refractivity contribution in [1.82, 2.24) is 5.32 Å². The normalized spacial score (nSPS) is 25.2. The summed E-state index contributed by atoms with van der Waals surface area (Å²) in [6, 6.07) is 11.9. The van der Waals surface area contributed by atoms with Crippen molar-refractivity contribution in [3.63, 3.8) is 0 Å². The molecule has 1 aliphatic carbocycles. The fourth-order valence-corrected chi connectivity index (χ4v) is 3.12. The minimum absolute atomic E-state index is 0.365. The van der Waals surface area contributed by atoms with Gasteiger partial charge in [-0.1, -0.05) is 43.7 Å². The van der Waals surface area contributed by atoms with E-state index in [4.69, 9.17) is 0 Å². The van der Waals surface area contributed by atoms with E-state index in [9.17, 15) is 5.11 Å². The first-order valence-electron chi connectivity index (χ1n) is 7.75. The van der Waals surface area contributed by atoms with Gasteiger partial charge in [-0.3, -0.25) is 0 Å². The molecule has 19 heavy (non-hydrogen) atoms. The SMILES string of the molecule is CCCC(NC1CCC(CO)CC1)c1ccccc1. The van der Waals surface area contributed by atoms with Crippen LogP contribution in [0.2, 0.25) is 0 Å². The van der Waals surface area contributed by atoms with Gasteiger partial charge in [0.25, 0.3) is 0 Å². The molecule has 2 N–H and O–H groups in total. The van der Waals surface area contributed by atoms with Crippen molar-refractivity contribution in [3.05, 3.63) is 35.9 Å². The van der Waals surface area contributed by atoms with Crippen molar-refractivity contribution in [1.29, 1.82) is 0 Å². The molecule has 1 saturated carbocycles. The van der Waals surface area contributed by atoms with Crippen LogP contribution in [0.4, 0.5) is 0 Å². The van der Waals surface area contributed by atoms with E-state index in [0.29, 0.717) is 24.6 Å². The minimum atomic E-state index is 0.365. The van der Waals surface area contributed by atoms with Crippen LogP contribution in [-0.2, 0) is 0 Å². The molecular weight excluding hydrogens is 234 g/mol. The van der Waals surface area contributed by atoms with E-state index in [1.165, 1.54) is 44.1 Å². The molecule has 1 aliphatic rings. The molecule has 1 aromatic rings. The molecular formula is C17H27NO. The van der Waals surface area contributed by atoms with Gasteiger partial charge in [0.1, 0.15) is 0 Å². The standard InChI is InChI=1S/C17H27NO/c1-2-6-17(15-7-4-3-5-8-15)18-16-11-9-14(13-19)10-12-16/h3-5,7-8,14,16-19H,2,6,9-13H2,1H3. The third-order valence-electron chi connectivity index (χ3n) is 4.32. The second-order valence-electron chi connectivity index (χ2n) is 5.82. The van der Waals surface area contributed by atoms with Crippen LogP contribution in [0.5, 0.6) is 0 Å². The molecule has 0 heterocycles. The Bertz CT molecular complexity index is 344. The molecule has 0 bridgehead atoms. The third-order valence-corrected chi connectivity index (χ3v) is 4.32. The second-order valence-corrected chi connectivity index (χ2v) is 5.82. The predicted octanol–water partition coefficient (Wildman–Crippen LogP) is 3.67. The average Bonchev–Trinajstić information content (AvgIpc) is 2.48. The maximum Gasteiger partial charge on any atom is 0.0459 e. The van der Waals surface area contributed by atoms with E-state index in [2.05, 4.69) is 42.6 Å². The topological polar surface area (TPSA) is 32.3 Å². The van der Waals surface area contributed by atoms with Gasteiger partial charge in [-0.2, -0.15) is 0 Å². The molecule has 0 aliphatic heterocycles. The highest BCUT2D eigenvalue weighted by molar-refractivity contribution is 5.19. The van der Waals surface area contributed by atoms with Crippen LogP contribution >= 0.6 is 0 Å². The van der Waals surface area contributed by atoms with Gasteiger partial charge < -0.3 is 10.4 Å². The van der Waals surface area contributed by atoms with E-state index < -0.39 is 0 Å². The minimum Gasteiger partial charge on any atom is -0.396 e. The first-order valence-corrected chi connectivity index (χ1v) is 7.75. The Morgan fingerprint density at radius 3 is 2.42 bits per heavy atom. The van der Waals surface area contributed by atoms with E-state index >= 15 is 0 Å². The molecule has 0 saturated heterocycles. The molecule has 2 heteroatoms. The van der Waals surface area contributed by atoms with Crippen molar-refractivity contribution in [2.45, 2.75) is 57.5 Å². The Labute approximate surface area is 117 Å². The van der Waals surface area contributed by atoms with Gasteiger partial charge >= 0.3 is 0 Å². The fourth-order valence-electron chi connectivity index (χ4n) is 3.12. The van der Waals surface area contributed by atoms with Gasteiger partial charge in [0.15, 0.2) is 0 Å². The number of benzene rings is 1. The van der Waals surface area contributed by atoms with E-state index in [-0.39, 0.29) is 0 Å². The van der Waals surface area contributed by atoms with Crippen molar-refractivity contribution < 1.29 is 5.11 Å². The lowest BCUT2D eigenvalue weighted by molar-refractivity contribution is 0.171. The molecule has 106 valence electrons. The lowest BCUT2D eigenvalue weighted by Gasteiger charge is -2.31. The number of hydrogen-bond acceptors (Lipinski definition) is 2. The van der Waals surface area contributed by atoms with Crippen LogP contribution < -0.4 is 5.32 Å². The molecule has 0 spiro atoms. The van der Waals surface area contributed by atoms with Crippen LogP contribution in [0.3, 0.4) is 0 Å². The zero-order valence-corrected chi connectivity index (χ0v) is 12.0. The zero-order chi connectivity index (χ0) is 13.5. The third kappa shape index (κ3) is 4.32. The predicted molar refractivity (Wildman–Crippen MR) is 80.1 cm³/mol. The van der Waals surface area contributed by atoms with Gasteiger partial charge in [0.2, 0.25) is 0 Å². The fraction of sp³-hybridized carbons (Fsp3) is 0.647. The largest absolute Gasteiger partial charge is 0.396 e. The van der Waals surface area contributed by atoms with Crippen molar-refractivity contribution in [2.24, 2.45) is 5.92 Å². The molecule has 0 aromatic heterocycles. The summed E-state index contributed by atoms with van der Waals surface area (Å²) in [4.78, 5) is 0. The Hall–Kier alpha value is -0.860. The number of aliphatic hydroxyl groups excluding tert-OH is 1. The summed E-state index contributed by atoms with van der Waals surface area (Å²) >= 11 is 0. The molecule has 0 radical (unpaired) electrons. The Kier molecular flexibility index (Phi) is 5.87. The Morgan fingerprint density at radius 1 is 1.16 bits per heavy atom. The number of aliphatic hydroxyl groups is 1. The molecule has 2 nitrogen and oxygen atoms in total. The zero-order valence-electron chi connectivity index (χ0n) is 12.0. The summed E-state index contributed by atoms with van der Waals surface area (Å²) in [7, 11) is 0. The van der Waals surface area contributed by atoms with Gasteiger partial charge in [-0.05, 0) is 43.6 Å². The average molecular weight is 261 g/mol. The first kappa shape index (κ1) is 14.5. The van der Waals surface area contributed by atoms with E-state index in [1.54, 1.807) is 0 Å². The van der Waals surface area contributed by atoms with Crippen molar-refractivity contribution >= 4 is 0 Å². The van der Waals surface area contributed by atoms with Crippen molar-refractivity contribution in [2.75, 3.05) is 6.61 Å². The second kappa shape index (κ2) is 7.66. The highest BCUT2D eigenvalue weighted by atomic mass is 16.3. The lowest BCUT2D eigenvalue weighted by Crippen LogP contribution is -2.36. The van der Waals surface area contributed by atoms with E-state index in [1.807, 2.05) is 0 Å².